The second-order valence-electron chi connectivity index (χ2n) is 8.26. The highest BCUT2D eigenvalue weighted by Gasteiger charge is 2.39. The maximum absolute atomic E-state index is 13.7. The standard InChI is InChI=1S/C24H26N4O2S2/c1-14-6-7-17(13-15(14)2)21(29)22-20(16-8-10-18(31-3)11-9-16)27-28-23(19-5-4-12-30-19)25-26-24(28)32-22/h6-11,13,19-20,22,27H,4-5,12H2,1-3H3/t19-,20-,22+/m0/s1. The smallest absolute Gasteiger partial charge is 0.210 e. The Balaban J connectivity index is 1.53. The van der Waals surface area contributed by atoms with Crippen molar-refractivity contribution < 1.29 is 9.53 Å². The summed E-state index contributed by atoms with van der Waals surface area (Å²) in [5, 5.41) is 9.16. The lowest BCUT2D eigenvalue weighted by atomic mass is 9.96. The molecule has 2 aliphatic heterocycles. The number of hydrogen-bond donors (Lipinski definition) is 1. The van der Waals surface area contributed by atoms with Gasteiger partial charge in [-0.3, -0.25) is 4.79 Å². The Kier molecular flexibility index (Phi) is 6.01. The summed E-state index contributed by atoms with van der Waals surface area (Å²) in [5.74, 6) is 0.880. The number of rotatable bonds is 5. The monoisotopic (exact) mass is 466 g/mol. The molecule has 0 amide bonds. The third-order valence-corrected chi connectivity index (χ3v) is 8.16. The Morgan fingerprint density at radius 1 is 1.16 bits per heavy atom. The van der Waals surface area contributed by atoms with Gasteiger partial charge in [0.05, 0.1) is 6.04 Å². The van der Waals surface area contributed by atoms with Crippen LogP contribution in [0.15, 0.2) is 52.5 Å². The van der Waals surface area contributed by atoms with Crippen molar-refractivity contribution in [2.75, 3.05) is 18.3 Å². The molecule has 0 unspecified atom stereocenters. The zero-order valence-electron chi connectivity index (χ0n) is 18.4. The van der Waals surface area contributed by atoms with Crippen LogP contribution < -0.4 is 5.43 Å². The molecule has 0 saturated carbocycles. The lowest BCUT2D eigenvalue weighted by molar-refractivity contribution is 0.0974. The number of benzene rings is 2. The van der Waals surface area contributed by atoms with E-state index in [1.807, 2.05) is 29.8 Å². The molecule has 3 atom stereocenters. The summed E-state index contributed by atoms with van der Waals surface area (Å²) < 4.78 is 7.79. The minimum absolute atomic E-state index is 0.0594. The summed E-state index contributed by atoms with van der Waals surface area (Å²) in [6, 6.07) is 14.1. The van der Waals surface area contributed by atoms with Gasteiger partial charge in [0.2, 0.25) is 5.16 Å². The van der Waals surface area contributed by atoms with Crippen LogP contribution in [0.2, 0.25) is 0 Å². The van der Waals surface area contributed by atoms with Gasteiger partial charge in [0.15, 0.2) is 11.6 Å². The number of ketones is 1. The quantitative estimate of drug-likeness (QED) is 0.414. The van der Waals surface area contributed by atoms with Gasteiger partial charge in [0.1, 0.15) is 11.4 Å². The number of nitrogens with one attached hydrogen (secondary N) is 1. The lowest BCUT2D eigenvalue weighted by Crippen LogP contribution is -2.39. The zero-order valence-corrected chi connectivity index (χ0v) is 20.0. The molecule has 0 bridgehead atoms. The summed E-state index contributed by atoms with van der Waals surface area (Å²) in [4.78, 5) is 14.9. The molecule has 6 nitrogen and oxygen atoms in total. The molecule has 32 heavy (non-hydrogen) atoms. The number of carbonyl (C=O) groups excluding carboxylic acids is 1. The topological polar surface area (TPSA) is 69.0 Å². The van der Waals surface area contributed by atoms with Crippen molar-refractivity contribution in [1.82, 2.24) is 14.9 Å². The molecule has 1 fully saturated rings. The Bertz CT molecular complexity index is 1140. The maximum Gasteiger partial charge on any atom is 0.210 e. The molecule has 8 heteroatoms. The molecule has 166 valence electrons. The van der Waals surface area contributed by atoms with Gasteiger partial charge in [-0.15, -0.1) is 22.0 Å². The van der Waals surface area contributed by atoms with Crippen LogP contribution in [0.25, 0.3) is 0 Å². The molecule has 3 heterocycles. The molecule has 0 aliphatic carbocycles. The van der Waals surface area contributed by atoms with Crippen LogP contribution in [0, 0.1) is 13.8 Å². The van der Waals surface area contributed by atoms with Crippen molar-refractivity contribution in [1.29, 1.82) is 0 Å². The Morgan fingerprint density at radius 2 is 1.97 bits per heavy atom. The number of thioether (sulfide) groups is 2. The van der Waals surface area contributed by atoms with Gasteiger partial charge in [-0.25, -0.2) is 4.68 Å². The SMILES string of the molecule is CSc1ccc([C@@H]2Nn3c(nnc3[C@@H]3CCCO3)S[C@H]2C(=O)c2ccc(C)c(C)c2)cc1. The molecular weight excluding hydrogens is 440 g/mol. The molecule has 2 aromatic carbocycles. The fourth-order valence-corrected chi connectivity index (χ4v) is 5.75. The van der Waals surface area contributed by atoms with Crippen LogP contribution in [0.3, 0.4) is 0 Å². The summed E-state index contributed by atoms with van der Waals surface area (Å²) >= 11 is 3.19. The van der Waals surface area contributed by atoms with Crippen LogP contribution in [0.1, 0.15) is 57.9 Å². The predicted molar refractivity (Wildman–Crippen MR) is 128 cm³/mol. The second-order valence-corrected chi connectivity index (χ2v) is 10.2. The molecule has 0 spiro atoms. The Morgan fingerprint density at radius 3 is 2.66 bits per heavy atom. The predicted octanol–water partition coefficient (Wildman–Crippen LogP) is 5.11. The average Bonchev–Trinajstić information content (AvgIpc) is 3.49. The van der Waals surface area contributed by atoms with Crippen LogP contribution in [-0.2, 0) is 4.74 Å². The van der Waals surface area contributed by atoms with Crippen LogP contribution in [0.5, 0.6) is 0 Å². The van der Waals surface area contributed by atoms with E-state index >= 15 is 0 Å². The maximum atomic E-state index is 13.7. The highest BCUT2D eigenvalue weighted by Crippen LogP contribution is 2.41. The van der Waals surface area contributed by atoms with Crippen molar-refractivity contribution >= 4 is 29.3 Å². The fraction of sp³-hybridized carbons (Fsp3) is 0.375. The lowest BCUT2D eigenvalue weighted by Gasteiger charge is -2.33. The van der Waals surface area contributed by atoms with Gasteiger partial charge in [-0.1, -0.05) is 36.0 Å². The summed E-state index contributed by atoms with van der Waals surface area (Å²) in [6.45, 7) is 4.85. The highest BCUT2D eigenvalue weighted by atomic mass is 32.2. The van der Waals surface area contributed by atoms with Crippen molar-refractivity contribution in [3.05, 3.63) is 70.5 Å². The van der Waals surface area contributed by atoms with Crippen LogP contribution >= 0.6 is 23.5 Å². The molecule has 3 aromatic rings. The van der Waals surface area contributed by atoms with Crippen LogP contribution in [-0.4, -0.2) is 38.8 Å². The first-order chi connectivity index (χ1) is 15.5. The number of carbonyl (C=O) groups is 1. The van der Waals surface area contributed by atoms with Gasteiger partial charge in [-0.05, 0) is 67.8 Å². The Labute approximate surface area is 196 Å². The minimum atomic E-state index is -0.355. The normalized spacial score (nSPS) is 22.4. The number of nitrogens with zero attached hydrogens (tertiary/aromatic N) is 3. The largest absolute Gasteiger partial charge is 0.370 e. The first kappa shape index (κ1) is 21.6. The third kappa shape index (κ3) is 3.95. The molecule has 5 rings (SSSR count). The van der Waals surface area contributed by atoms with E-state index in [1.54, 1.807) is 11.8 Å². The number of hydrogen-bond acceptors (Lipinski definition) is 7. The molecule has 2 aliphatic rings. The number of ether oxygens (including phenoxy) is 1. The van der Waals surface area contributed by atoms with E-state index in [9.17, 15) is 4.79 Å². The van der Waals surface area contributed by atoms with E-state index < -0.39 is 0 Å². The van der Waals surface area contributed by atoms with E-state index in [-0.39, 0.29) is 23.2 Å². The van der Waals surface area contributed by atoms with E-state index in [2.05, 4.69) is 53.1 Å². The number of Topliss-reactive ketones (excluding diaryl/α,β-unsaturated/α-hetero) is 1. The molecule has 0 radical (unpaired) electrons. The zero-order chi connectivity index (χ0) is 22.2. The van der Waals surface area contributed by atoms with E-state index in [4.69, 9.17) is 4.74 Å². The number of aryl methyl sites for hydroxylation is 2. The van der Waals surface area contributed by atoms with Gasteiger partial charge in [0, 0.05) is 17.1 Å². The molecule has 1 saturated heterocycles. The van der Waals surface area contributed by atoms with Gasteiger partial charge in [0.25, 0.3) is 0 Å². The number of fused-ring (bicyclic) bond motifs is 1. The third-order valence-electron chi connectivity index (χ3n) is 6.20. The Hall–Kier alpha value is -2.29. The first-order valence-electron chi connectivity index (χ1n) is 10.8. The minimum Gasteiger partial charge on any atom is -0.370 e. The summed E-state index contributed by atoms with van der Waals surface area (Å²) in [5.41, 5.74) is 7.66. The van der Waals surface area contributed by atoms with Crippen LogP contribution in [0.4, 0.5) is 0 Å². The van der Waals surface area contributed by atoms with Crippen molar-refractivity contribution in [3.63, 3.8) is 0 Å². The van der Waals surface area contributed by atoms with E-state index in [0.29, 0.717) is 5.16 Å². The average molecular weight is 467 g/mol. The van der Waals surface area contributed by atoms with Crippen molar-refractivity contribution in [2.45, 2.75) is 54.1 Å². The second kappa shape index (κ2) is 8.92. The van der Waals surface area contributed by atoms with E-state index in [0.717, 1.165) is 42.0 Å². The van der Waals surface area contributed by atoms with Gasteiger partial charge < -0.3 is 10.2 Å². The van der Waals surface area contributed by atoms with Crippen molar-refractivity contribution in [2.24, 2.45) is 0 Å². The van der Waals surface area contributed by atoms with Crippen molar-refractivity contribution in [3.8, 4) is 0 Å². The van der Waals surface area contributed by atoms with Gasteiger partial charge >= 0.3 is 0 Å². The van der Waals surface area contributed by atoms with Gasteiger partial charge in [-0.2, -0.15) is 0 Å². The fourth-order valence-electron chi connectivity index (χ4n) is 4.18. The molecule has 1 aromatic heterocycles. The summed E-state index contributed by atoms with van der Waals surface area (Å²) in [7, 11) is 0. The molecular formula is C24H26N4O2S2. The molecule has 1 N–H and O–H groups in total. The summed E-state index contributed by atoms with van der Waals surface area (Å²) in [6.07, 6.45) is 3.96. The number of aromatic nitrogens is 3. The van der Waals surface area contributed by atoms with E-state index in [1.165, 1.54) is 22.2 Å². The first-order valence-corrected chi connectivity index (χ1v) is 12.9. The highest BCUT2D eigenvalue weighted by molar-refractivity contribution is 8.00.